The number of ether oxygens (including phenoxy) is 3. The predicted octanol–water partition coefficient (Wildman–Crippen LogP) is 5.67. The fraction of sp³-hybridized carbons (Fsp3) is 0.296. The molecule has 0 radical (unpaired) electrons. The molecule has 0 unspecified atom stereocenters. The molecule has 1 N–H and O–H groups in total. The standard InChI is InChI=1S/C27H26Cl2N4O4S/c1-33-8-7-21-18(13-33)25(15-9-22(35-2)26(37-4)23(10-15)36-3)17(12-30)27(32-21)38-14-24(34)31-16-5-6-19(28)20(29)11-16/h5-6,9-11H,7-8,13-14H2,1-4H3,(H,31,34). The number of hydrogen-bond donors (Lipinski definition) is 1. The van der Waals surface area contributed by atoms with E-state index in [1.54, 1.807) is 39.5 Å². The Morgan fingerprint density at radius 1 is 1.13 bits per heavy atom. The average molecular weight is 574 g/mol. The molecule has 38 heavy (non-hydrogen) atoms. The van der Waals surface area contributed by atoms with Crippen molar-refractivity contribution < 1.29 is 19.0 Å². The number of halogens is 2. The number of benzene rings is 2. The molecule has 11 heteroatoms. The van der Waals surface area contributed by atoms with Crippen LogP contribution in [0.1, 0.15) is 16.8 Å². The zero-order chi connectivity index (χ0) is 27.4. The van der Waals surface area contributed by atoms with Gasteiger partial charge in [0.2, 0.25) is 11.7 Å². The molecular formula is C27H26Cl2N4O4S. The Bertz CT molecular complexity index is 1400. The molecule has 2 heterocycles. The van der Waals surface area contributed by atoms with Gasteiger partial charge < -0.3 is 24.4 Å². The first-order chi connectivity index (χ1) is 18.3. The van der Waals surface area contributed by atoms with Gasteiger partial charge in [-0.15, -0.1) is 0 Å². The zero-order valence-corrected chi connectivity index (χ0v) is 23.7. The van der Waals surface area contributed by atoms with Crippen LogP contribution < -0.4 is 19.5 Å². The van der Waals surface area contributed by atoms with Crippen molar-refractivity contribution in [1.82, 2.24) is 9.88 Å². The van der Waals surface area contributed by atoms with Gasteiger partial charge in [0.25, 0.3) is 0 Å². The van der Waals surface area contributed by atoms with Crippen molar-refractivity contribution in [2.75, 3.05) is 46.0 Å². The Morgan fingerprint density at radius 2 is 1.84 bits per heavy atom. The van der Waals surface area contributed by atoms with Gasteiger partial charge in [-0.05, 0) is 48.5 Å². The van der Waals surface area contributed by atoms with Gasteiger partial charge in [0.05, 0.1) is 42.7 Å². The Balaban J connectivity index is 1.75. The second-order valence-corrected chi connectivity index (χ2v) is 10.3. The van der Waals surface area contributed by atoms with E-state index in [0.717, 1.165) is 35.3 Å². The van der Waals surface area contributed by atoms with Crippen LogP contribution in [0.15, 0.2) is 35.4 Å². The van der Waals surface area contributed by atoms with E-state index in [9.17, 15) is 10.1 Å². The Kier molecular flexibility index (Phi) is 8.90. The van der Waals surface area contributed by atoms with E-state index in [2.05, 4.69) is 16.3 Å². The van der Waals surface area contributed by atoms with Crippen LogP contribution in [0.25, 0.3) is 11.1 Å². The highest BCUT2D eigenvalue weighted by molar-refractivity contribution is 8.00. The van der Waals surface area contributed by atoms with E-state index in [1.807, 2.05) is 19.2 Å². The van der Waals surface area contributed by atoms with Crippen LogP contribution in [0.2, 0.25) is 10.0 Å². The molecular weight excluding hydrogens is 547 g/mol. The summed E-state index contributed by atoms with van der Waals surface area (Å²) in [4.78, 5) is 19.8. The van der Waals surface area contributed by atoms with Crippen LogP contribution in [0.4, 0.5) is 5.69 Å². The fourth-order valence-corrected chi connectivity index (χ4v) is 5.43. The van der Waals surface area contributed by atoms with Gasteiger partial charge in [0.15, 0.2) is 11.5 Å². The smallest absolute Gasteiger partial charge is 0.234 e. The van der Waals surface area contributed by atoms with Gasteiger partial charge in [-0.25, -0.2) is 4.98 Å². The lowest BCUT2D eigenvalue weighted by Crippen LogP contribution is -2.28. The van der Waals surface area contributed by atoms with E-state index in [1.165, 1.54) is 11.8 Å². The number of anilines is 1. The monoisotopic (exact) mass is 572 g/mol. The highest BCUT2D eigenvalue weighted by Crippen LogP contribution is 2.44. The van der Waals surface area contributed by atoms with Gasteiger partial charge in [0.1, 0.15) is 11.1 Å². The number of fused-ring (bicyclic) bond motifs is 1. The maximum Gasteiger partial charge on any atom is 0.234 e. The van der Waals surface area contributed by atoms with Crippen molar-refractivity contribution in [1.29, 1.82) is 5.26 Å². The molecule has 0 spiro atoms. The Labute approximate surface area is 235 Å². The summed E-state index contributed by atoms with van der Waals surface area (Å²) in [5.41, 5.74) is 4.28. The SMILES string of the molecule is COc1cc(-c2c(C#N)c(SCC(=O)Nc3ccc(Cl)c(Cl)c3)nc3c2CN(C)CC3)cc(OC)c1OC. The van der Waals surface area contributed by atoms with Crippen LogP contribution >= 0.6 is 35.0 Å². The highest BCUT2D eigenvalue weighted by Gasteiger charge is 2.27. The first kappa shape index (κ1) is 27.9. The summed E-state index contributed by atoms with van der Waals surface area (Å²) in [7, 11) is 6.68. The van der Waals surface area contributed by atoms with Crippen molar-refractivity contribution in [2.24, 2.45) is 0 Å². The summed E-state index contributed by atoms with van der Waals surface area (Å²) in [5, 5.41) is 14.4. The van der Waals surface area contributed by atoms with Crippen molar-refractivity contribution in [2.45, 2.75) is 18.0 Å². The molecule has 0 bridgehead atoms. The average Bonchev–Trinajstić information content (AvgIpc) is 2.92. The topological polar surface area (TPSA) is 96.7 Å². The molecule has 1 amide bonds. The van der Waals surface area contributed by atoms with Gasteiger partial charge in [-0.1, -0.05) is 35.0 Å². The zero-order valence-electron chi connectivity index (χ0n) is 21.4. The minimum atomic E-state index is -0.258. The van der Waals surface area contributed by atoms with Crippen LogP contribution in [-0.2, 0) is 17.8 Å². The Morgan fingerprint density at radius 3 is 2.45 bits per heavy atom. The number of likely N-dealkylation sites (N-methyl/N-ethyl adjacent to an activating group) is 1. The number of hydrogen-bond acceptors (Lipinski definition) is 8. The summed E-state index contributed by atoms with van der Waals surface area (Å²) >= 11 is 13.2. The number of carbonyl (C=O) groups excluding carboxylic acids is 1. The van der Waals surface area contributed by atoms with E-state index in [-0.39, 0.29) is 11.7 Å². The molecule has 3 aromatic rings. The minimum Gasteiger partial charge on any atom is -0.493 e. The number of nitriles is 1. The first-order valence-electron chi connectivity index (χ1n) is 11.6. The van der Waals surface area contributed by atoms with Gasteiger partial charge in [0, 0.05) is 36.5 Å². The molecule has 1 aliphatic heterocycles. The summed E-state index contributed by atoms with van der Waals surface area (Å²) in [5.74, 6) is 1.22. The van der Waals surface area contributed by atoms with Crippen molar-refractivity contribution >= 4 is 46.6 Å². The number of carbonyl (C=O) groups is 1. The van der Waals surface area contributed by atoms with Gasteiger partial charge in [-0.2, -0.15) is 5.26 Å². The van der Waals surface area contributed by atoms with E-state index < -0.39 is 0 Å². The first-order valence-corrected chi connectivity index (χ1v) is 13.4. The third kappa shape index (κ3) is 5.79. The molecule has 0 atom stereocenters. The van der Waals surface area contributed by atoms with Crippen LogP contribution in [0, 0.1) is 11.3 Å². The molecule has 8 nitrogen and oxygen atoms in total. The lowest BCUT2D eigenvalue weighted by atomic mass is 9.91. The summed E-state index contributed by atoms with van der Waals surface area (Å²) in [6, 6.07) is 10.9. The number of rotatable bonds is 8. The fourth-order valence-electron chi connectivity index (χ4n) is 4.33. The predicted molar refractivity (Wildman–Crippen MR) is 150 cm³/mol. The van der Waals surface area contributed by atoms with Crippen molar-refractivity contribution in [3.8, 4) is 34.4 Å². The van der Waals surface area contributed by atoms with Gasteiger partial charge >= 0.3 is 0 Å². The third-order valence-corrected chi connectivity index (χ3v) is 7.83. The lowest BCUT2D eigenvalue weighted by molar-refractivity contribution is -0.113. The highest BCUT2D eigenvalue weighted by atomic mass is 35.5. The summed E-state index contributed by atoms with van der Waals surface area (Å²) in [6.07, 6.45) is 0.720. The van der Waals surface area contributed by atoms with Gasteiger partial charge in [-0.3, -0.25) is 4.79 Å². The number of thioether (sulfide) groups is 1. The van der Waals surface area contributed by atoms with Crippen molar-refractivity contribution in [3.63, 3.8) is 0 Å². The quantitative estimate of drug-likeness (QED) is 0.345. The molecule has 0 saturated heterocycles. The molecule has 0 fully saturated rings. The number of aromatic nitrogens is 1. The number of methoxy groups -OCH3 is 3. The number of nitrogens with zero attached hydrogens (tertiary/aromatic N) is 3. The van der Waals surface area contributed by atoms with E-state index >= 15 is 0 Å². The molecule has 1 aliphatic rings. The molecule has 0 aliphatic carbocycles. The van der Waals surface area contributed by atoms with Crippen LogP contribution in [0.3, 0.4) is 0 Å². The van der Waals surface area contributed by atoms with Crippen LogP contribution in [0.5, 0.6) is 17.2 Å². The van der Waals surface area contributed by atoms with Crippen molar-refractivity contribution in [3.05, 3.63) is 57.2 Å². The second-order valence-electron chi connectivity index (χ2n) is 8.57. The molecule has 4 rings (SSSR count). The molecule has 2 aromatic carbocycles. The third-order valence-electron chi connectivity index (χ3n) is 6.12. The van der Waals surface area contributed by atoms with E-state index in [0.29, 0.717) is 50.1 Å². The molecule has 198 valence electrons. The normalized spacial score (nSPS) is 12.9. The maximum atomic E-state index is 12.7. The number of nitrogens with one attached hydrogen (secondary N) is 1. The maximum absolute atomic E-state index is 12.7. The second kappa shape index (κ2) is 12.1. The number of pyridine rings is 1. The van der Waals surface area contributed by atoms with E-state index in [4.69, 9.17) is 42.4 Å². The lowest BCUT2D eigenvalue weighted by Gasteiger charge is -2.28. The molecule has 1 aromatic heterocycles. The Hall–Kier alpha value is -3.16. The summed E-state index contributed by atoms with van der Waals surface area (Å²) < 4.78 is 16.6. The summed E-state index contributed by atoms with van der Waals surface area (Å²) in [6.45, 7) is 1.47. The molecule has 0 saturated carbocycles. The largest absolute Gasteiger partial charge is 0.493 e. The minimum absolute atomic E-state index is 0.0509. The van der Waals surface area contributed by atoms with Crippen LogP contribution in [-0.4, -0.2) is 56.5 Å². The number of amides is 1.